The van der Waals surface area contributed by atoms with Gasteiger partial charge in [-0.15, -0.1) is 0 Å². The number of methoxy groups -OCH3 is 1. The molecule has 0 atom stereocenters. The monoisotopic (exact) mass is 223 g/mol. The lowest BCUT2D eigenvalue weighted by atomic mass is 10.2. The highest BCUT2D eigenvalue weighted by Gasteiger charge is 2.18. The quantitative estimate of drug-likeness (QED) is 0.480. The van der Waals surface area contributed by atoms with Gasteiger partial charge in [-0.05, 0) is 0 Å². The summed E-state index contributed by atoms with van der Waals surface area (Å²) in [5.41, 5.74) is -0.815. The lowest BCUT2D eigenvalue weighted by molar-refractivity contribution is 0.210. The van der Waals surface area contributed by atoms with Gasteiger partial charge in [-0.3, -0.25) is 0 Å². The molecule has 0 saturated heterocycles. The van der Waals surface area contributed by atoms with Crippen LogP contribution in [0.25, 0.3) is 0 Å². The fraction of sp³-hybridized carbons (Fsp3) is 0.333. The second-order valence-electron chi connectivity index (χ2n) is 2.76. The van der Waals surface area contributed by atoms with Gasteiger partial charge in [0.15, 0.2) is 23.3 Å². The van der Waals surface area contributed by atoms with E-state index in [9.17, 15) is 17.6 Å². The Morgan fingerprint density at radius 3 is 2.13 bits per heavy atom. The Morgan fingerprint density at radius 2 is 1.67 bits per heavy atom. The Balaban J connectivity index is 2.94. The van der Waals surface area contributed by atoms with Crippen molar-refractivity contribution in [2.24, 2.45) is 0 Å². The molecule has 15 heavy (non-hydrogen) atoms. The lowest BCUT2D eigenvalue weighted by Crippen LogP contribution is -2.12. The van der Waals surface area contributed by atoms with Crippen molar-refractivity contribution >= 4 is 5.69 Å². The number of halogens is 4. The molecule has 0 aliphatic carbocycles. The first kappa shape index (κ1) is 11.8. The predicted molar refractivity (Wildman–Crippen MR) is 46.6 cm³/mol. The fourth-order valence-electron chi connectivity index (χ4n) is 1.01. The number of ether oxygens (including phenoxy) is 1. The summed E-state index contributed by atoms with van der Waals surface area (Å²) in [7, 11) is 1.39. The van der Waals surface area contributed by atoms with E-state index >= 15 is 0 Å². The predicted octanol–water partition coefficient (Wildman–Crippen LogP) is 2.30. The SMILES string of the molecule is COCCNc1c(F)c(F)cc(F)c1F. The molecule has 0 radical (unpaired) electrons. The minimum atomic E-state index is -1.44. The van der Waals surface area contributed by atoms with Gasteiger partial charge in [-0.2, -0.15) is 0 Å². The van der Waals surface area contributed by atoms with Crippen molar-refractivity contribution in [1.29, 1.82) is 0 Å². The van der Waals surface area contributed by atoms with Gasteiger partial charge < -0.3 is 10.1 Å². The molecule has 1 N–H and O–H groups in total. The summed E-state index contributed by atoms with van der Waals surface area (Å²) in [6.07, 6.45) is 0. The molecule has 0 spiro atoms. The normalized spacial score (nSPS) is 10.5. The molecular weight excluding hydrogens is 214 g/mol. The van der Waals surface area contributed by atoms with Crippen LogP contribution in [0.3, 0.4) is 0 Å². The summed E-state index contributed by atoms with van der Waals surface area (Å²) < 4.78 is 55.9. The molecule has 0 bridgehead atoms. The fourth-order valence-corrected chi connectivity index (χ4v) is 1.01. The van der Waals surface area contributed by atoms with E-state index in [0.29, 0.717) is 0 Å². The Kier molecular flexibility index (Phi) is 3.90. The van der Waals surface area contributed by atoms with E-state index in [-0.39, 0.29) is 19.2 Å². The zero-order valence-electron chi connectivity index (χ0n) is 7.91. The standard InChI is InChI=1S/C9H9F4NO/c1-15-3-2-14-9-7(12)5(10)4-6(11)8(9)13/h4,14H,2-3H2,1H3. The Hall–Kier alpha value is -1.30. The molecule has 0 aliphatic rings. The number of hydrogen-bond donors (Lipinski definition) is 1. The molecule has 2 nitrogen and oxygen atoms in total. The topological polar surface area (TPSA) is 21.3 Å². The van der Waals surface area contributed by atoms with Crippen LogP contribution in [0.15, 0.2) is 6.07 Å². The second-order valence-corrected chi connectivity index (χ2v) is 2.76. The zero-order chi connectivity index (χ0) is 11.4. The Labute approximate surface area is 83.9 Å². The zero-order valence-corrected chi connectivity index (χ0v) is 7.91. The van der Waals surface area contributed by atoms with Crippen LogP contribution in [0, 0.1) is 23.3 Å². The van der Waals surface area contributed by atoms with Crippen LogP contribution in [0.1, 0.15) is 0 Å². The van der Waals surface area contributed by atoms with Gasteiger partial charge in [0, 0.05) is 19.7 Å². The van der Waals surface area contributed by atoms with Crippen LogP contribution in [-0.4, -0.2) is 20.3 Å². The highest BCUT2D eigenvalue weighted by Crippen LogP contribution is 2.23. The van der Waals surface area contributed by atoms with Crippen LogP contribution in [-0.2, 0) is 4.74 Å². The van der Waals surface area contributed by atoms with E-state index in [2.05, 4.69) is 10.1 Å². The second kappa shape index (κ2) is 4.97. The van der Waals surface area contributed by atoms with Gasteiger partial charge in [-0.25, -0.2) is 17.6 Å². The van der Waals surface area contributed by atoms with Crippen LogP contribution in [0.4, 0.5) is 23.2 Å². The highest BCUT2D eigenvalue weighted by molar-refractivity contribution is 5.47. The molecule has 1 aromatic rings. The van der Waals surface area contributed by atoms with E-state index in [4.69, 9.17) is 0 Å². The van der Waals surface area contributed by atoms with Crippen LogP contribution in [0.2, 0.25) is 0 Å². The largest absolute Gasteiger partial charge is 0.383 e. The van der Waals surface area contributed by atoms with Crippen molar-refractivity contribution in [2.75, 3.05) is 25.6 Å². The van der Waals surface area contributed by atoms with Gasteiger partial charge in [0.05, 0.1) is 6.61 Å². The Morgan fingerprint density at radius 1 is 1.13 bits per heavy atom. The molecule has 0 aromatic heterocycles. The third-order valence-electron chi connectivity index (χ3n) is 1.72. The minimum Gasteiger partial charge on any atom is -0.383 e. The molecule has 0 amide bonds. The molecule has 1 rings (SSSR count). The number of hydrogen-bond acceptors (Lipinski definition) is 2. The summed E-state index contributed by atoms with van der Waals surface area (Å²) in [5, 5.41) is 2.21. The summed E-state index contributed by atoms with van der Waals surface area (Å²) in [6.45, 7) is 0.213. The van der Waals surface area contributed by atoms with Crippen molar-refractivity contribution in [3.8, 4) is 0 Å². The minimum absolute atomic E-state index is 0.0488. The van der Waals surface area contributed by atoms with Crippen LogP contribution < -0.4 is 5.32 Å². The van der Waals surface area contributed by atoms with E-state index < -0.39 is 29.0 Å². The molecule has 6 heteroatoms. The van der Waals surface area contributed by atoms with Gasteiger partial charge in [0.2, 0.25) is 0 Å². The number of benzene rings is 1. The number of nitrogens with one attached hydrogen (secondary N) is 1. The first-order valence-corrected chi connectivity index (χ1v) is 4.13. The smallest absolute Gasteiger partial charge is 0.185 e. The molecule has 1 aromatic carbocycles. The molecule has 0 saturated carbocycles. The molecule has 0 unspecified atom stereocenters. The van der Waals surface area contributed by atoms with Gasteiger partial charge in [0.1, 0.15) is 5.69 Å². The van der Waals surface area contributed by atoms with E-state index in [0.717, 1.165) is 0 Å². The summed E-state index contributed by atoms with van der Waals surface area (Å²) in [4.78, 5) is 0. The summed E-state index contributed by atoms with van der Waals surface area (Å²) in [6, 6.07) is 0.159. The van der Waals surface area contributed by atoms with Crippen molar-refractivity contribution in [1.82, 2.24) is 0 Å². The average molecular weight is 223 g/mol. The van der Waals surface area contributed by atoms with E-state index in [1.807, 2.05) is 0 Å². The average Bonchev–Trinajstić information content (AvgIpc) is 2.20. The van der Waals surface area contributed by atoms with Crippen molar-refractivity contribution in [3.63, 3.8) is 0 Å². The first-order valence-electron chi connectivity index (χ1n) is 4.13. The molecule has 0 fully saturated rings. The maximum Gasteiger partial charge on any atom is 0.185 e. The van der Waals surface area contributed by atoms with Crippen molar-refractivity contribution in [2.45, 2.75) is 0 Å². The van der Waals surface area contributed by atoms with Gasteiger partial charge >= 0.3 is 0 Å². The lowest BCUT2D eigenvalue weighted by Gasteiger charge is -2.09. The van der Waals surface area contributed by atoms with Crippen LogP contribution >= 0.6 is 0 Å². The van der Waals surface area contributed by atoms with Crippen molar-refractivity contribution in [3.05, 3.63) is 29.3 Å². The highest BCUT2D eigenvalue weighted by atomic mass is 19.2. The van der Waals surface area contributed by atoms with E-state index in [1.165, 1.54) is 7.11 Å². The number of anilines is 1. The maximum absolute atomic E-state index is 13.0. The first-order chi connectivity index (χ1) is 7.07. The molecule has 84 valence electrons. The van der Waals surface area contributed by atoms with Crippen molar-refractivity contribution < 1.29 is 22.3 Å². The molecule has 0 heterocycles. The Bertz CT molecular complexity index is 330. The summed E-state index contributed by atoms with van der Waals surface area (Å²) >= 11 is 0. The van der Waals surface area contributed by atoms with Gasteiger partial charge in [-0.1, -0.05) is 0 Å². The maximum atomic E-state index is 13.0. The molecule has 0 aliphatic heterocycles. The van der Waals surface area contributed by atoms with Crippen LogP contribution in [0.5, 0.6) is 0 Å². The van der Waals surface area contributed by atoms with E-state index in [1.54, 1.807) is 0 Å². The van der Waals surface area contributed by atoms with Gasteiger partial charge in [0.25, 0.3) is 0 Å². The third-order valence-corrected chi connectivity index (χ3v) is 1.72. The number of rotatable bonds is 4. The summed E-state index contributed by atoms with van der Waals surface area (Å²) in [5.74, 6) is -5.75. The molecular formula is C9H9F4NO. The third kappa shape index (κ3) is 2.59.